The van der Waals surface area contributed by atoms with Crippen molar-refractivity contribution in [3.63, 3.8) is 0 Å². The lowest BCUT2D eigenvalue weighted by Crippen LogP contribution is -2.53. The largest absolute Gasteiger partial charge is 0.349 e. The van der Waals surface area contributed by atoms with E-state index in [0.717, 1.165) is 17.7 Å². The first-order valence-electron chi connectivity index (χ1n) is 6.76. The number of hydrogen-bond donors (Lipinski definition) is 2. The maximum absolute atomic E-state index is 12.0. The van der Waals surface area contributed by atoms with Crippen LogP contribution < -0.4 is 11.1 Å². The van der Waals surface area contributed by atoms with Crippen molar-refractivity contribution in [1.29, 1.82) is 0 Å². The second kappa shape index (κ2) is 7.56. The van der Waals surface area contributed by atoms with E-state index in [1.165, 1.54) is 5.56 Å². The highest BCUT2D eigenvalue weighted by Gasteiger charge is 2.26. The summed E-state index contributed by atoms with van der Waals surface area (Å²) in [6, 6.07) is 8.11. The van der Waals surface area contributed by atoms with Crippen molar-refractivity contribution < 1.29 is 4.79 Å². The molecule has 0 saturated heterocycles. The second-order valence-corrected chi connectivity index (χ2v) is 5.81. The molecular weight excluding hydrogens is 256 g/mol. The van der Waals surface area contributed by atoms with Crippen molar-refractivity contribution in [3.8, 4) is 0 Å². The summed E-state index contributed by atoms with van der Waals surface area (Å²) in [4.78, 5) is 13.2. The van der Waals surface area contributed by atoms with Crippen molar-refractivity contribution in [3.05, 3.63) is 29.8 Å². The summed E-state index contributed by atoms with van der Waals surface area (Å²) >= 11 is 1.57. The van der Waals surface area contributed by atoms with Gasteiger partial charge in [-0.2, -0.15) is 0 Å². The molecule has 0 aliphatic carbocycles. The lowest BCUT2D eigenvalue weighted by molar-refractivity contribution is -0.120. The molecule has 0 heterocycles. The van der Waals surface area contributed by atoms with Gasteiger partial charge in [-0.25, -0.2) is 0 Å². The highest BCUT2D eigenvalue weighted by atomic mass is 32.2. The molecule has 1 rings (SSSR count). The molecule has 0 radical (unpaired) electrons. The van der Waals surface area contributed by atoms with Gasteiger partial charge in [0.2, 0.25) is 5.91 Å². The fourth-order valence-corrected chi connectivity index (χ4v) is 2.79. The third-order valence-corrected chi connectivity index (χ3v) is 4.78. The number of thioether (sulfide) groups is 1. The molecular formula is C15H24N2OS. The number of amides is 1. The van der Waals surface area contributed by atoms with Crippen LogP contribution in [0.5, 0.6) is 0 Å². The Morgan fingerprint density at radius 2 is 1.95 bits per heavy atom. The Balaban J connectivity index is 2.54. The van der Waals surface area contributed by atoms with Crippen LogP contribution >= 0.6 is 11.8 Å². The standard InChI is InChI=1S/C15H24N2OS/c1-4-15(5-2,11-16)17-14(18)10-19-13-9-7-6-8-12(13)3/h6-9H,4-5,10-11,16H2,1-3H3,(H,17,18). The third-order valence-electron chi connectivity index (χ3n) is 3.60. The van der Waals surface area contributed by atoms with E-state index in [4.69, 9.17) is 5.73 Å². The number of benzene rings is 1. The van der Waals surface area contributed by atoms with E-state index in [-0.39, 0.29) is 11.4 Å². The van der Waals surface area contributed by atoms with Gasteiger partial charge in [0, 0.05) is 11.4 Å². The quantitative estimate of drug-likeness (QED) is 0.755. The molecule has 0 aliphatic rings. The molecule has 19 heavy (non-hydrogen) atoms. The topological polar surface area (TPSA) is 55.1 Å². The molecule has 0 saturated carbocycles. The first kappa shape index (κ1) is 16.1. The lowest BCUT2D eigenvalue weighted by Gasteiger charge is -2.31. The predicted octanol–water partition coefficient (Wildman–Crippen LogP) is 2.72. The highest BCUT2D eigenvalue weighted by molar-refractivity contribution is 8.00. The van der Waals surface area contributed by atoms with Crippen LogP contribution in [0.25, 0.3) is 0 Å². The zero-order chi connectivity index (χ0) is 14.3. The zero-order valence-corrected chi connectivity index (χ0v) is 12.8. The number of hydrogen-bond acceptors (Lipinski definition) is 3. The van der Waals surface area contributed by atoms with Gasteiger partial charge in [-0.05, 0) is 31.4 Å². The number of nitrogens with one attached hydrogen (secondary N) is 1. The van der Waals surface area contributed by atoms with E-state index in [9.17, 15) is 4.79 Å². The molecule has 3 nitrogen and oxygen atoms in total. The zero-order valence-electron chi connectivity index (χ0n) is 12.0. The van der Waals surface area contributed by atoms with E-state index >= 15 is 0 Å². The number of nitrogens with two attached hydrogens (primary N) is 1. The molecule has 0 aromatic heterocycles. The van der Waals surface area contributed by atoms with Gasteiger partial charge in [0.25, 0.3) is 0 Å². The maximum Gasteiger partial charge on any atom is 0.230 e. The molecule has 1 aromatic rings. The average molecular weight is 280 g/mol. The molecule has 0 spiro atoms. The van der Waals surface area contributed by atoms with Gasteiger partial charge in [-0.15, -0.1) is 11.8 Å². The minimum absolute atomic E-state index is 0.0578. The normalized spacial score (nSPS) is 11.4. The Kier molecular flexibility index (Phi) is 6.38. The van der Waals surface area contributed by atoms with Crippen LogP contribution in [0.15, 0.2) is 29.2 Å². The van der Waals surface area contributed by atoms with E-state index in [1.54, 1.807) is 11.8 Å². The van der Waals surface area contributed by atoms with Crippen LogP contribution in [-0.2, 0) is 4.79 Å². The molecule has 4 heteroatoms. The van der Waals surface area contributed by atoms with Crippen molar-refractivity contribution in [1.82, 2.24) is 5.32 Å². The monoisotopic (exact) mass is 280 g/mol. The summed E-state index contributed by atoms with van der Waals surface area (Å²) in [5.74, 6) is 0.495. The molecule has 1 aromatic carbocycles. The van der Waals surface area contributed by atoms with Crippen molar-refractivity contribution >= 4 is 17.7 Å². The van der Waals surface area contributed by atoms with Gasteiger partial charge in [-0.1, -0.05) is 32.0 Å². The van der Waals surface area contributed by atoms with Crippen molar-refractivity contribution in [2.24, 2.45) is 5.73 Å². The number of rotatable bonds is 7. The molecule has 0 atom stereocenters. The Hall–Kier alpha value is -1.00. The molecule has 0 aliphatic heterocycles. The molecule has 106 valence electrons. The first-order valence-corrected chi connectivity index (χ1v) is 7.75. The van der Waals surface area contributed by atoms with Crippen molar-refractivity contribution in [2.75, 3.05) is 12.3 Å². The first-order chi connectivity index (χ1) is 9.06. The maximum atomic E-state index is 12.0. The smallest absolute Gasteiger partial charge is 0.230 e. The van der Waals surface area contributed by atoms with Crippen LogP contribution in [0.1, 0.15) is 32.3 Å². The Morgan fingerprint density at radius 3 is 2.47 bits per heavy atom. The summed E-state index contributed by atoms with van der Waals surface area (Å²) in [7, 11) is 0. The van der Waals surface area contributed by atoms with Gasteiger partial charge < -0.3 is 11.1 Å². The van der Waals surface area contributed by atoms with E-state index in [2.05, 4.69) is 32.2 Å². The summed E-state index contributed by atoms with van der Waals surface area (Å²) in [6.07, 6.45) is 1.72. The molecule has 3 N–H and O–H groups in total. The summed E-state index contributed by atoms with van der Waals surface area (Å²) in [5.41, 5.74) is 6.75. The van der Waals surface area contributed by atoms with Gasteiger partial charge in [-0.3, -0.25) is 4.79 Å². The fraction of sp³-hybridized carbons (Fsp3) is 0.533. The van der Waals surface area contributed by atoms with Crippen LogP contribution in [0, 0.1) is 6.92 Å². The predicted molar refractivity (Wildman–Crippen MR) is 82.4 cm³/mol. The molecule has 0 fully saturated rings. The third kappa shape index (κ3) is 4.55. The SMILES string of the molecule is CCC(CC)(CN)NC(=O)CSc1ccccc1C. The van der Waals surface area contributed by atoms with Gasteiger partial charge in [0.1, 0.15) is 0 Å². The Bertz CT molecular complexity index is 408. The van der Waals surface area contributed by atoms with Crippen LogP contribution in [0.3, 0.4) is 0 Å². The van der Waals surface area contributed by atoms with Gasteiger partial charge in [0.05, 0.1) is 11.3 Å². The molecule has 0 unspecified atom stereocenters. The Labute approximate surface area is 120 Å². The van der Waals surface area contributed by atoms with E-state index in [0.29, 0.717) is 12.3 Å². The second-order valence-electron chi connectivity index (χ2n) is 4.79. The van der Waals surface area contributed by atoms with Gasteiger partial charge in [0.15, 0.2) is 0 Å². The minimum atomic E-state index is -0.247. The number of carbonyl (C=O) groups is 1. The van der Waals surface area contributed by atoms with Crippen LogP contribution in [-0.4, -0.2) is 23.7 Å². The van der Waals surface area contributed by atoms with Crippen molar-refractivity contribution in [2.45, 2.75) is 44.0 Å². The number of carbonyl (C=O) groups excluding carboxylic acids is 1. The van der Waals surface area contributed by atoms with Gasteiger partial charge >= 0.3 is 0 Å². The Morgan fingerprint density at radius 1 is 1.32 bits per heavy atom. The average Bonchev–Trinajstić information content (AvgIpc) is 2.44. The lowest BCUT2D eigenvalue weighted by atomic mass is 9.93. The fourth-order valence-electron chi connectivity index (χ4n) is 1.96. The molecule has 1 amide bonds. The minimum Gasteiger partial charge on any atom is -0.349 e. The molecule has 0 bridgehead atoms. The van der Waals surface area contributed by atoms with Crippen LogP contribution in [0.2, 0.25) is 0 Å². The van der Waals surface area contributed by atoms with E-state index in [1.807, 2.05) is 18.2 Å². The summed E-state index contributed by atoms with van der Waals surface area (Å²) in [6.45, 7) is 6.67. The van der Waals surface area contributed by atoms with Crippen LogP contribution in [0.4, 0.5) is 0 Å². The summed E-state index contributed by atoms with van der Waals surface area (Å²) < 4.78 is 0. The highest BCUT2D eigenvalue weighted by Crippen LogP contribution is 2.22. The summed E-state index contributed by atoms with van der Waals surface area (Å²) in [5, 5.41) is 3.08. The number of aryl methyl sites for hydroxylation is 1. The van der Waals surface area contributed by atoms with E-state index < -0.39 is 0 Å².